The number of quaternary nitrogens is 1. The Hall–Kier alpha value is -1.63. The Bertz CT molecular complexity index is 319. The van der Waals surface area contributed by atoms with Gasteiger partial charge in [0.2, 0.25) is 11.8 Å². The first-order valence-corrected chi connectivity index (χ1v) is 6.01. The molecule has 0 aliphatic rings. The minimum atomic E-state index is -0.721. The molecule has 18 heavy (non-hydrogen) atoms. The van der Waals surface area contributed by atoms with Gasteiger partial charge in [0.1, 0.15) is 12.1 Å². The number of carbonyl (C=O) groups is 3. The molecule has 0 aromatic heterocycles. The van der Waals surface area contributed by atoms with Crippen molar-refractivity contribution in [2.45, 2.75) is 39.3 Å². The van der Waals surface area contributed by atoms with Crippen molar-refractivity contribution in [3.8, 4) is 0 Å². The van der Waals surface area contributed by atoms with Crippen molar-refractivity contribution in [3.05, 3.63) is 0 Å². The van der Waals surface area contributed by atoms with Gasteiger partial charge < -0.3 is 22.1 Å². The van der Waals surface area contributed by atoms with Crippen LogP contribution in [0.25, 0.3) is 0 Å². The Morgan fingerprint density at radius 1 is 1.22 bits per heavy atom. The van der Waals surface area contributed by atoms with Crippen LogP contribution in [0.1, 0.15) is 27.2 Å². The van der Waals surface area contributed by atoms with Crippen molar-refractivity contribution in [2.24, 2.45) is 11.7 Å². The Balaban J connectivity index is 4.50. The van der Waals surface area contributed by atoms with E-state index in [0.29, 0.717) is 6.42 Å². The molecule has 0 saturated heterocycles. The van der Waals surface area contributed by atoms with Crippen LogP contribution in [0.3, 0.4) is 0 Å². The third kappa shape index (κ3) is 5.13. The highest BCUT2D eigenvalue weighted by Gasteiger charge is 2.26. The summed E-state index contributed by atoms with van der Waals surface area (Å²) in [6, 6.07) is -1.44. The second kappa shape index (κ2) is 7.65. The summed E-state index contributed by atoms with van der Waals surface area (Å²) >= 11 is 0. The molecule has 104 valence electrons. The van der Waals surface area contributed by atoms with E-state index in [0.717, 1.165) is 0 Å². The zero-order chi connectivity index (χ0) is 14.3. The van der Waals surface area contributed by atoms with Gasteiger partial charge >= 0.3 is 0 Å². The molecule has 7 nitrogen and oxygen atoms in total. The number of carbonyl (C=O) groups excluding carboxylic acids is 3. The number of primary amides is 1. The molecule has 0 saturated carbocycles. The lowest BCUT2D eigenvalue weighted by Crippen LogP contribution is -2.60. The quantitative estimate of drug-likeness (QED) is 0.412. The molecule has 0 spiro atoms. The maximum atomic E-state index is 11.8. The lowest BCUT2D eigenvalue weighted by molar-refractivity contribution is -0.355. The molecule has 3 amide bonds. The van der Waals surface area contributed by atoms with E-state index in [2.05, 4.69) is 16.4 Å². The number of amides is 3. The van der Waals surface area contributed by atoms with Gasteiger partial charge in [-0.2, -0.15) is 0 Å². The van der Waals surface area contributed by atoms with Crippen LogP contribution >= 0.6 is 0 Å². The molecular weight excluding hydrogens is 236 g/mol. The Labute approximate surface area is 107 Å². The molecular formula is C11H23N4O3+. The zero-order valence-corrected chi connectivity index (χ0v) is 11.2. The lowest BCUT2D eigenvalue weighted by Gasteiger charge is -2.23. The lowest BCUT2D eigenvalue weighted by atomic mass is 9.98. The summed E-state index contributed by atoms with van der Waals surface area (Å²) in [5.74, 6) is -1.38. The molecule has 0 fully saturated rings. The fourth-order valence-corrected chi connectivity index (χ4v) is 1.39. The van der Waals surface area contributed by atoms with Gasteiger partial charge in [0.25, 0.3) is 5.91 Å². The van der Waals surface area contributed by atoms with Crippen LogP contribution in [0.15, 0.2) is 0 Å². The fourth-order valence-electron chi connectivity index (χ4n) is 1.39. The van der Waals surface area contributed by atoms with Gasteiger partial charge in [-0.25, -0.2) is 0 Å². The van der Waals surface area contributed by atoms with Gasteiger partial charge in [0.15, 0.2) is 6.54 Å². The molecule has 7 heteroatoms. The molecule has 0 aliphatic carbocycles. The van der Waals surface area contributed by atoms with E-state index >= 15 is 0 Å². The van der Waals surface area contributed by atoms with Crippen molar-refractivity contribution in [2.75, 3.05) is 6.54 Å². The minimum absolute atomic E-state index is 0.0535. The predicted molar refractivity (Wildman–Crippen MR) is 65.9 cm³/mol. The molecule has 0 unspecified atom stereocenters. The van der Waals surface area contributed by atoms with Gasteiger partial charge in [-0.05, 0) is 12.8 Å². The summed E-state index contributed by atoms with van der Waals surface area (Å²) in [5, 5.41) is 5.01. The summed E-state index contributed by atoms with van der Waals surface area (Å²) in [5.41, 5.74) is 8.65. The average Bonchev–Trinajstić information content (AvgIpc) is 2.33. The monoisotopic (exact) mass is 259 g/mol. The van der Waals surface area contributed by atoms with Gasteiger partial charge in [0, 0.05) is 0 Å². The largest absolute Gasteiger partial charge is 0.368 e. The second-order valence-electron chi connectivity index (χ2n) is 4.31. The number of hydrogen-bond donors (Lipinski definition) is 4. The van der Waals surface area contributed by atoms with Gasteiger partial charge in [-0.15, -0.1) is 0 Å². The highest BCUT2D eigenvalue weighted by atomic mass is 16.2. The van der Waals surface area contributed by atoms with Crippen LogP contribution in [0.2, 0.25) is 0 Å². The van der Waals surface area contributed by atoms with Crippen molar-refractivity contribution < 1.29 is 20.1 Å². The first-order valence-electron chi connectivity index (χ1n) is 6.01. The molecule has 0 aromatic carbocycles. The van der Waals surface area contributed by atoms with Crippen LogP contribution in [0, 0.1) is 5.92 Å². The number of nitrogens with one attached hydrogen (secondary N) is 2. The number of hydrogen-bond acceptors (Lipinski definition) is 3. The minimum Gasteiger partial charge on any atom is -0.368 e. The molecule has 0 aromatic rings. The van der Waals surface area contributed by atoms with Crippen molar-refractivity contribution in [1.29, 1.82) is 0 Å². The molecule has 0 bridgehead atoms. The molecule has 0 rings (SSSR count). The van der Waals surface area contributed by atoms with Crippen molar-refractivity contribution in [1.82, 2.24) is 10.6 Å². The van der Waals surface area contributed by atoms with Crippen LogP contribution in [0.4, 0.5) is 0 Å². The van der Waals surface area contributed by atoms with Gasteiger partial charge in [-0.3, -0.25) is 14.4 Å². The number of nitrogens with two attached hydrogens (primary N) is 1. The van der Waals surface area contributed by atoms with Crippen LogP contribution in [-0.2, 0) is 14.4 Å². The summed E-state index contributed by atoms with van der Waals surface area (Å²) in [6.07, 6.45) is 0.716. The normalized spacial score (nSPS) is 15.3. The van der Waals surface area contributed by atoms with E-state index in [1.807, 2.05) is 13.8 Å². The zero-order valence-electron chi connectivity index (χ0n) is 11.2. The van der Waals surface area contributed by atoms with E-state index in [9.17, 15) is 14.4 Å². The smallest absolute Gasteiger partial charge is 0.275 e. The van der Waals surface area contributed by atoms with Crippen molar-refractivity contribution >= 4 is 17.7 Å². The first kappa shape index (κ1) is 16.4. The van der Waals surface area contributed by atoms with Crippen LogP contribution in [-0.4, -0.2) is 36.3 Å². The maximum Gasteiger partial charge on any atom is 0.275 e. The summed E-state index contributed by atoms with van der Waals surface area (Å²) in [6.45, 7) is 5.33. The SMILES string of the molecule is CC[C@H](C)[C@@H](NC(=O)[C@@H](C)NC(=O)C[NH3+])C(N)=O. The van der Waals surface area contributed by atoms with Crippen LogP contribution < -0.4 is 22.1 Å². The Kier molecular flexibility index (Phi) is 6.96. The van der Waals surface area contributed by atoms with Crippen LogP contribution in [0.5, 0.6) is 0 Å². The van der Waals surface area contributed by atoms with Crippen molar-refractivity contribution in [3.63, 3.8) is 0 Å². The molecule has 0 aliphatic heterocycles. The van der Waals surface area contributed by atoms with Gasteiger partial charge in [0.05, 0.1) is 0 Å². The van der Waals surface area contributed by atoms with E-state index in [-0.39, 0.29) is 18.4 Å². The average molecular weight is 259 g/mol. The van der Waals surface area contributed by atoms with Gasteiger partial charge in [-0.1, -0.05) is 20.3 Å². The topological polar surface area (TPSA) is 129 Å². The van der Waals surface area contributed by atoms with E-state index < -0.39 is 23.9 Å². The third-order valence-electron chi connectivity index (χ3n) is 2.82. The summed E-state index contributed by atoms with van der Waals surface area (Å²) in [4.78, 5) is 34.1. The fraction of sp³-hybridized carbons (Fsp3) is 0.727. The maximum absolute atomic E-state index is 11.8. The standard InChI is InChI=1S/C11H22N4O3/c1-4-6(2)9(10(13)17)15-11(18)7(3)14-8(16)5-12/h6-7,9H,4-5,12H2,1-3H3,(H2,13,17)(H,14,16)(H,15,18)/p+1/t6-,7+,9+/m0/s1. The predicted octanol–water partition coefficient (Wildman–Crippen LogP) is -2.25. The highest BCUT2D eigenvalue weighted by molar-refractivity contribution is 5.91. The first-order chi connectivity index (χ1) is 8.33. The van der Waals surface area contributed by atoms with E-state index in [1.54, 1.807) is 0 Å². The second-order valence-corrected chi connectivity index (χ2v) is 4.31. The molecule has 7 N–H and O–H groups in total. The molecule has 3 atom stereocenters. The number of rotatable bonds is 7. The Morgan fingerprint density at radius 3 is 2.17 bits per heavy atom. The van der Waals surface area contributed by atoms with E-state index in [4.69, 9.17) is 5.73 Å². The summed E-state index contributed by atoms with van der Waals surface area (Å²) in [7, 11) is 0. The van der Waals surface area contributed by atoms with E-state index in [1.165, 1.54) is 6.92 Å². The third-order valence-corrected chi connectivity index (χ3v) is 2.82. The molecule has 0 heterocycles. The highest BCUT2D eigenvalue weighted by Crippen LogP contribution is 2.07. The Morgan fingerprint density at radius 2 is 1.78 bits per heavy atom. The molecule has 0 radical (unpaired) electrons. The summed E-state index contributed by atoms with van der Waals surface area (Å²) < 4.78 is 0.